The largest absolute Gasteiger partial charge is 0.495 e. The number of carbonyl (C=O) groups excluding carboxylic acids is 2. The fourth-order valence-electron chi connectivity index (χ4n) is 3.19. The van der Waals surface area contributed by atoms with E-state index in [1.165, 1.54) is 0 Å². The second-order valence-corrected chi connectivity index (χ2v) is 7.00. The third-order valence-corrected chi connectivity index (χ3v) is 4.73. The molecule has 2 aromatic rings. The number of amides is 3. The maximum absolute atomic E-state index is 12.3. The lowest BCUT2D eigenvalue weighted by atomic mass is 10.1. The third kappa shape index (κ3) is 5.87. The van der Waals surface area contributed by atoms with Gasteiger partial charge in [-0.25, -0.2) is 4.79 Å². The highest BCUT2D eigenvalue weighted by molar-refractivity contribution is 5.97. The minimum absolute atomic E-state index is 0.0340. The summed E-state index contributed by atoms with van der Waals surface area (Å²) in [5, 5.41) is 15.3. The van der Waals surface area contributed by atoms with Crippen LogP contribution >= 0.6 is 0 Å². The number of para-hydroxylation sites is 1. The van der Waals surface area contributed by atoms with E-state index >= 15 is 0 Å². The van der Waals surface area contributed by atoms with Gasteiger partial charge in [-0.3, -0.25) is 4.79 Å². The van der Waals surface area contributed by atoms with Gasteiger partial charge in [-0.2, -0.15) is 0 Å². The van der Waals surface area contributed by atoms with E-state index in [0.717, 1.165) is 12.8 Å². The first-order valence-corrected chi connectivity index (χ1v) is 9.96. The molecule has 0 bridgehead atoms. The molecule has 1 aliphatic heterocycles. The van der Waals surface area contributed by atoms with Crippen molar-refractivity contribution in [1.29, 1.82) is 0 Å². The molecule has 1 heterocycles. The smallest absolute Gasteiger partial charge is 0.319 e. The van der Waals surface area contributed by atoms with Crippen molar-refractivity contribution in [2.75, 3.05) is 37.0 Å². The molecule has 8 nitrogen and oxygen atoms in total. The van der Waals surface area contributed by atoms with Crippen LogP contribution in [0.25, 0.3) is 0 Å². The van der Waals surface area contributed by atoms with Gasteiger partial charge in [-0.15, -0.1) is 0 Å². The molecular weight excluding hydrogens is 386 g/mol. The Bertz CT molecular complexity index is 859. The van der Waals surface area contributed by atoms with Gasteiger partial charge in [-0.1, -0.05) is 18.2 Å². The molecule has 0 aliphatic carbocycles. The van der Waals surface area contributed by atoms with Crippen LogP contribution in [0.15, 0.2) is 48.5 Å². The van der Waals surface area contributed by atoms with E-state index in [9.17, 15) is 14.7 Å². The molecule has 0 spiro atoms. The van der Waals surface area contributed by atoms with E-state index in [-0.39, 0.29) is 19.1 Å². The number of urea groups is 1. The Hall–Kier alpha value is -3.26. The van der Waals surface area contributed by atoms with Crippen molar-refractivity contribution >= 4 is 23.3 Å². The van der Waals surface area contributed by atoms with E-state index in [1.807, 2.05) is 18.2 Å². The average Bonchev–Trinajstić information content (AvgIpc) is 2.77. The molecular formula is C22H27N3O5. The highest BCUT2D eigenvalue weighted by atomic mass is 16.5. The van der Waals surface area contributed by atoms with Crippen LogP contribution < -0.4 is 25.0 Å². The number of nitrogens with zero attached hydrogens (tertiary/aromatic N) is 1. The van der Waals surface area contributed by atoms with E-state index in [0.29, 0.717) is 35.8 Å². The SMILES string of the molecule is COc1ccc(NC(=O)NCC(O)COc2ccccc2)cc1N1CCCCC1=O. The minimum Gasteiger partial charge on any atom is -0.495 e. The Kier molecular flexibility index (Phi) is 7.51. The van der Waals surface area contributed by atoms with Gasteiger partial charge < -0.3 is 30.1 Å². The van der Waals surface area contributed by atoms with Gasteiger partial charge in [0.1, 0.15) is 24.2 Å². The van der Waals surface area contributed by atoms with Crippen molar-refractivity contribution < 1.29 is 24.2 Å². The van der Waals surface area contributed by atoms with Gasteiger partial charge in [-0.05, 0) is 43.2 Å². The molecule has 1 fully saturated rings. The molecule has 0 saturated carbocycles. The van der Waals surface area contributed by atoms with Crippen LogP contribution in [0.4, 0.5) is 16.2 Å². The summed E-state index contributed by atoms with van der Waals surface area (Å²) in [6.07, 6.45) is 1.46. The predicted molar refractivity (Wildman–Crippen MR) is 114 cm³/mol. The number of nitrogens with one attached hydrogen (secondary N) is 2. The molecule has 8 heteroatoms. The summed E-state index contributed by atoms with van der Waals surface area (Å²) in [6.45, 7) is 0.721. The van der Waals surface area contributed by atoms with Crippen LogP contribution in [0.5, 0.6) is 11.5 Å². The fourth-order valence-corrected chi connectivity index (χ4v) is 3.19. The fraction of sp³-hybridized carbons (Fsp3) is 0.364. The van der Waals surface area contributed by atoms with Gasteiger partial charge in [0.25, 0.3) is 0 Å². The number of rotatable bonds is 8. The maximum Gasteiger partial charge on any atom is 0.319 e. The number of benzene rings is 2. The molecule has 1 aliphatic rings. The van der Waals surface area contributed by atoms with Crippen LogP contribution in [-0.4, -0.2) is 50.0 Å². The van der Waals surface area contributed by atoms with Crippen LogP contribution in [0.3, 0.4) is 0 Å². The van der Waals surface area contributed by atoms with Gasteiger partial charge in [0, 0.05) is 25.2 Å². The number of carbonyl (C=O) groups is 2. The Labute approximate surface area is 175 Å². The second-order valence-electron chi connectivity index (χ2n) is 7.00. The summed E-state index contributed by atoms with van der Waals surface area (Å²) in [4.78, 5) is 26.2. The summed E-state index contributed by atoms with van der Waals surface area (Å²) in [6, 6.07) is 13.8. The zero-order chi connectivity index (χ0) is 21.3. The molecule has 160 valence electrons. The molecule has 3 amide bonds. The maximum atomic E-state index is 12.3. The van der Waals surface area contributed by atoms with E-state index in [2.05, 4.69) is 10.6 Å². The molecule has 30 heavy (non-hydrogen) atoms. The van der Waals surface area contributed by atoms with Crippen LogP contribution in [0.1, 0.15) is 19.3 Å². The zero-order valence-electron chi connectivity index (χ0n) is 17.0. The first-order chi connectivity index (χ1) is 14.6. The second kappa shape index (κ2) is 10.5. The predicted octanol–water partition coefficient (Wildman–Crippen LogP) is 2.77. The van der Waals surface area contributed by atoms with Crippen LogP contribution in [-0.2, 0) is 4.79 Å². The minimum atomic E-state index is -0.853. The number of aliphatic hydroxyl groups is 1. The third-order valence-electron chi connectivity index (χ3n) is 4.73. The number of anilines is 2. The van der Waals surface area contributed by atoms with E-state index in [4.69, 9.17) is 9.47 Å². The number of aliphatic hydroxyl groups excluding tert-OH is 1. The summed E-state index contributed by atoms with van der Waals surface area (Å²) in [5.41, 5.74) is 1.16. The molecule has 0 radical (unpaired) electrons. The van der Waals surface area contributed by atoms with Crippen molar-refractivity contribution in [2.45, 2.75) is 25.4 Å². The summed E-state index contributed by atoms with van der Waals surface area (Å²) >= 11 is 0. The number of hydrogen-bond acceptors (Lipinski definition) is 5. The van der Waals surface area contributed by atoms with Gasteiger partial charge >= 0.3 is 6.03 Å². The zero-order valence-corrected chi connectivity index (χ0v) is 17.0. The lowest BCUT2D eigenvalue weighted by molar-refractivity contribution is -0.119. The van der Waals surface area contributed by atoms with Gasteiger partial charge in [0.15, 0.2) is 0 Å². The van der Waals surface area contributed by atoms with Crippen LogP contribution in [0.2, 0.25) is 0 Å². The number of hydrogen-bond donors (Lipinski definition) is 3. The topological polar surface area (TPSA) is 100 Å². The highest BCUT2D eigenvalue weighted by Crippen LogP contribution is 2.33. The van der Waals surface area contributed by atoms with Crippen molar-refractivity contribution in [3.63, 3.8) is 0 Å². The number of methoxy groups -OCH3 is 1. The highest BCUT2D eigenvalue weighted by Gasteiger charge is 2.23. The molecule has 1 unspecified atom stereocenters. The molecule has 1 saturated heterocycles. The monoisotopic (exact) mass is 413 g/mol. The molecule has 3 rings (SSSR count). The van der Waals surface area contributed by atoms with Crippen molar-refractivity contribution in [3.8, 4) is 11.5 Å². The lowest BCUT2D eigenvalue weighted by Gasteiger charge is -2.28. The van der Waals surface area contributed by atoms with Crippen molar-refractivity contribution in [2.24, 2.45) is 0 Å². The summed E-state index contributed by atoms with van der Waals surface area (Å²) in [5.74, 6) is 1.27. The van der Waals surface area contributed by atoms with E-state index < -0.39 is 12.1 Å². The summed E-state index contributed by atoms with van der Waals surface area (Å²) in [7, 11) is 1.55. The Morgan fingerprint density at radius 2 is 2.00 bits per heavy atom. The Morgan fingerprint density at radius 1 is 1.20 bits per heavy atom. The van der Waals surface area contributed by atoms with Crippen molar-refractivity contribution in [1.82, 2.24) is 5.32 Å². The lowest BCUT2D eigenvalue weighted by Crippen LogP contribution is -2.38. The van der Waals surface area contributed by atoms with Crippen molar-refractivity contribution in [3.05, 3.63) is 48.5 Å². The molecule has 2 aromatic carbocycles. The van der Waals surface area contributed by atoms with Gasteiger partial charge in [0.2, 0.25) is 5.91 Å². The first kappa shape index (κ1) is 21.4. The number of piperidine rings is 1. The van der Waals surface area contributed by atoms with Crippen LogP contribution in [0, 0.1) is 0 Å². The molecule has 1 atom stereocenters. The average molecular weight is 413 g/mol. The Morgan fingerprint density at radius 3 is 2.73 bits per heavy atom. The van der Waals surface area contributed by atoms with Gasteiger partial charge in [0.05, 0.1) is 12.8 Å². The summed E-state index contributed by atoms with van der Waals surface area (Å²) < 4.78 is 10.8. The number of ether oxygens (including phenoxy) is 2. The van der Waals surface area contributed by atoms with E-state index in [1.54, 1.807) is 42.3 Å². The standard InChI is InChI=1S/C22H27N3O5/c1-29-20-11-10-16(13-19(20)25-12-6-5-9-21(25)27)24-22(28)23-14-17(26)15-30-18-7-3-2-4-8-18/h2-4,7-8,10-11,13,17,26H,5-6,9,12,14-15H2,1H3,(H2,23,24,28). The Balaban J connectivity index is 1.53. The molecule has 0 aromatic heterocycles. The molecule has 3 N–H and O–H groups in total. The normalized spacial score (nSPS) is 14.7. The quantitative estimate of drug-likeness (QED) is 0.618. The first-order valence-electron chi connectivity index (χ1n) is 9.96.